The number of hydrogen-bond acceptors (Lipinski definition) is 6. The van der Waals surface area contributed by atoms with E-state index in [1.807, 2.05) is 47.4 Å². The lowest BCUT2D eigenvalue weighted by Gasteiger charge is -2.35. The van der Waals surface area contributed by atoms with Crippen molar-refractivity contribution in [1.29, 1.82) is 0 Å². The van der Waals surface area contributed by atoms with Crippen molar-refractivity contribution in [2.45, 2.75) is 31.3 Å². The van der Waals surface area contributed by atoms with Gasteiger partial charge >= 0.3 is 5.56 Å². The van der Waals surface area contributed by atoms with Gasteiger partial charge in [0.25, 0.3) is 0 Å². The lowest BCUT2D eigenvalue weighted by Crippen LogP contribution is -2.49. The molecular formula is C30H32N4O4S. The summed E-state index contributed by atoms with van der Waals surface area (Å²) in [6.45, 7) is 5.90. The third-order valence-corrected chi connectivity index (χ3v) is 8.82. The summed E-state index contributed by atoms with van der Waals surface area (Å²) in [6.07, 6.45) is 1.63. The number of piperazine rings is 1. The Morgan fingerprint density at radius 1 is 0.846 bits per heavy atom. The standard InChI is InChI=1S/C30H32N4O4S/c1-23(2)25-15-13-24(14-16-25)22-38-29-28(21-31-34(30(29)35)26-9-5-3-6-10-26)32-17-19-33(20-18-32)39(36,37)27-11-7-4-8-12-27/h3-16,21,23H,17-20,22H2,1-2H3. The van der Waals surface area contributed by atoms with Crippen LogP contribution in [0.2, 0.25) is 0 Å². The van der Waals surface area contributed by atoms with Gasteiger partial charge < -0.3 is 9.64 Å². The van der Waals surface area contributed by atoms with Gasteiger partial charge in [0.15, 0.2) is 0 Å². The van der Waals surface area contributed by atoms with Gasteiger partial charge in [-0.25, -0.2) is 8.42 Å². The van der Waals surface area contributed by atoms with Gasteiger partial charge in [0.1, 0.15) is 12.3 Å². The Bertz CT molecular complexity index is 1560. The van der Waals surface area contributed by atoms with E-state index in [9.17, 15) is 13.2 Å². The van der Waals surface area contributed by atoms with Gasteiger partial charge in [0, 0.05) is 26.2 Å². The van der Waals surface area contributed by atoms with Gasteiger partial charge in [0.05, 0.1) is 16.8 Å². The van der Waals surface area contributed by atoms with E-state index in [2.05, 4.69) is 31.1 Å². The van der Waals surface area contributed by atoms with E-state index in [4.69, 9.17) is 4.74 Å². The molecule has 0 radical (unpaired) electrons. The summed E-state index contributed by atoms with van der Waals surface area (Å²) < 4.78 is 35.2. The predicted octanol–water partition coefficient (Wildman–Crippen LogP) is 4.45. The van der Waals surface area contributed by atoms with E-state index in [0.29, 0.717) is 30.4 Å². The zero-order valence-corrected chi connectivity index (χ0v) is 22.9. The molecule has 9 heteroatoms. The second kappa shape index (κ2) is 11.4. The van der Waals surface area contributed by atoms with E-state index in [0.717, 1.165) is 5.56 Å². The minimum atomic E-state index is -3.59. The van der Waals surface area contributed by atoms with Crippen molar-refractivity contribution in [3.05, 3.63) is 113 Å². The summed E-state index contributed by atoms with van der Waals surface area (Å²) in [4.78, 5) is 15.9. The summed E-state index contributed by atoms with van der Waals surface area (Å²) in [5.74, 6) is 0.621. The third-order valence-electron chi connectivity index (χ3n) is 6.91. The largest absolute Gasteiger partial charge is 0.481 e. The number of aromatic nitrogens is 2. The van der Waals surface area contributed by atoms with Gasteiger partial charge in [-0.05, 0) is 41.3 Å². The Balaban J connectivity index is 1.41. The Morgan fingerprint density at radius 2 is 1.46 bits per heavy atom. The summed E-state index contributed by atoms with van der Waals surface area (Å²) in [5, 5.41) is 4.44. The summed E-state index contributed by atoms with van der Waals surface area (Å²) in [7, 11) is -3.59. The number of rotatable bonds is 8. The number of anilines is 1. The van der Waals surface area contributed by atoms with Crippen LogP contribution in [-0.4, -0.2) is 48.7 Å². The first-order chi connectivity index (χ1) is 18.8. The van der Waals surface area contributed by atoms with Crippen LogP contribution in [0.15, 0.2) is 101 Å². The van der Waals surface area contributed by atoms with E-state index in [1.54, 1.807) is 36.5 Å². The highest BCUT2D eigenvalue weighted by Gasteiger charge is 2.30. The molecule has 2 heterocycles. The number of hydrogen-bond donors (Lipinski definition) is 0. The molecular weight excluding hydrogens is 512 g/mol. The van der Waals surface area contributed by atoms with Gasteiger partial charge in [-0.15, -0.1) is 0 Å². The Morgan fingerprint density at radius 3 is 2.08 bits per heavy atom. The molecule has 1 aliphatic rings. The van der Waals surface area contributed by atoms with Crippen molar-refractivity contribution < 1.29 is 13.2 Å². The number of sulfonamides is 1. The van der Waals surface area contributed by atoms with Crippen LogP contribution in [0.1, 0.15) is 30.9 Å². The SMILES string of the molecule is CC(C)c1ccc(COc2c(N3CCN(S(=O)(=O)c4ccccc4)CC3)cnn(-c3ccccc3)c2=O)cc1. The van der Waals surface area contributed by atoms with Crippen LogP contribution in [0.25, 0.3) is 5.69 Å². The minimum Gasteiger partial charge on any atom is -0.481 e. The van der Waals surface area contributed by atoms with Crippen LogP contribution in [0.3, 0.4) is 0 Å². The molecule has 1 saturated heterocycles. The summed E-state index contributed by atoms with van der Waals surface area (Å²) >= 11 is 0. The molecule has 0 amide bonds. The Labute approximate surface area is 229 Å². The van der Waals surface area contributed by atoms with Crippen LogP contribution in [0, 0.1) is 0 Å². The molecule has 0 unspecified atom stereocenters. The Hall–Kier alpha value is -3.95. The molecule has 0 bridgehead atoms. The number of para-hydroxylation sites is 1. The summed E-state index contributed by atoms with van der Waals surface area (Å²) in [6, 6.07) is 25.8. The molecule has 5 rings (SSSR count). The fraction of sp³-hybridized carbons (Fsp3) is 0.267. The monoisotopic (exact) mass is 544 g/mol. The minimum absolute atomic E-state index is 0.196. The molecule has 8 nitrogen and oxygen atoms in total. The van der Waals surface area contributed by atoms with E-state index >= 15 is 0 Å². The number of ether oxygens (including phenoxy) is 1. The van der Waals surface area contributed by atoms with Crippen molar-refractivity contribution in [3.8, 4) is 11.4 Å². The lowest BCUT2D eigenvalue weighted by atomic mass is 10.0. The smallest absolute Gasteiger partial charge is 0.316 e. The van der Waals surface area contributed by atoms with E-state index in [1.165, 1.54) is 14.6 Å². The third kappa shape index (κ3) is 5.74. The average molecular weight is 545 g/mol. The van der Waals surface area contributed by atoms with E-state index < -0.39 is 10.0 Å². The molecule has 0 spiro atoms. The van der Waals surface area contributed by atoms with Crippen molar-refractivity contribution in [3.63, 3.8) is 0 Å². The molecule has 1 fully saturated rings. The molecule has 202 valence electrons. The second-order valence-electron chi connectivity index (χ2n) is 9.80. The van der Waals surface area contributed by atoms with Crippen LogP contribution < -0.4 is 15.2 Å². The molecule has 0 atom stereocenters. The molecule has 0 aliphatic carbocycles. The normalized spacial score (nSPS) is 14.5. The molecule has 3 aromatic carbocycles. The highest BCUT2D eigenvalue weighted by molar-refractivity contribution is 7.89. The van der Waals surface area contributed by atoms with Gasteiger partial charge in [-0.3, -0.25) is 4.79 Å². The number of nitrogens with zero attached hydrogens (tertiary/aromatic N) is 4. The summed E-state index contributed by atoms with van der Waals surface area (Å²) in [5.41, 5.74) is 3.02. The van der Waals surface area contributed by atoms with Gasteiger partial charge in [0.2, 0.25) is 15.8 Å². The zero-order valence-electron chi connectivity index (χ0n) is 22.1. The quantitative estimate of drug-likeness (QED) is 0.326. The highest BCUT2D eigenvalue weighted by atomic mass is 32.2. The van der Waals surface area contributed by atoms with Gasteiger partial charge in [-0.1, -0.05) is 74.5 Å². The highest BCUT2D eigenvalue weighted by Crippen LogP contribution is 2.28. The molecule has 0 saturated carbocycles. The first-order valence-corrected chi connectivity index (χ1v) is 14.5. The zero-order chi connectivity index (χ0) is 27.4. The maximum absolute atomic E-state index is 13.6. The van der Waals surface area contributed by atoms with Crippen LogP contribution in [0.5, 0.6) is 5.75 Å². The maximum Gasteiger partial charge on any atom is 0.316 e. The topological polar surface area (TPSA) is 84.7 Å². The van der Waals surface area contributed by atoms with Crippen molar-refractivity contribution in [2.24, 2.45) is 0 Å². The van der Waals surface area contributed by atoms with Crippen LogP contribution in [0.4, 0.5) is 5.69 Å². The van der Waals surface area contributed by atoms with Crippen molar-refractivity contribution in [1.82, 2.24) is 14.1 Å². The maximum atomic E-state index is 13.6. The Kier molecular flexibility index (Phi) is 7.81. The van der Waals surface area contributed by atoms with Crippen molar-refractivity contribution >= 4 is 15.7 Å². The van der Waals surface area contributed by atoms with Crippen LogP contribution in [-0.2, 0) is 16.6 Å². The first kappa shape index (κ1) is 26.6. The molecule has 1 aromatic heterocycles. The number of benzene rings is 3. The van der Waals surface area contributed by atoms with Gasteiger partial charge in [-0.2, -0.15) is 14.1 Å². The van der Waals surface area contributed by atoms with E-state index in [-0.39, 0.29) is 35.9 Å². The molecule has 39 heavy (non-hydrogen) atoms. The second-order valence-corrected chi connectivity index (χ2v) is 11.7. The van der Waals surface area contributed by atoms with Crippen molar-refractivity contribution in [2.75, 3.05) is 31.1 Å². The fourth-order valence-electron chi connectivity index (χ4n) is 4.61. The van der Waals surface area contributed by atoms with Crippen LogP contribution >= 0.6 is 0 Å². The first-order valence-electron chi connectivity index (χ1n) is 13.0. The predicted molar refractivity (Wildman–Crippen MR) is 152 cm³/mol. The lowest BCUT2D eigenvalue weighted by molar-refractivity contribution is 0.297. The molecule has 0 N–H and O–H groups in total. The molecule has 4 aromatic rings. The average Bonchev–Trinajstić information content (AvgIpc) is 2.97. The fourth-order valence-corrected chi connectivity index (χ4v) is 6.05. The molecule has 1 aliphatic heterocycles.